The number of nitrogens with one attached hydrogen (secondary N) is 1. The number of hydrogen-bond donors (Lipinski definition) is 1. The van der Waals surface area contributed by atoms with Crippen LogP contribution in [0.1, 0.15) is 11.1 Å². The van der Waals surface area contributed by atoms with Crippen molar-refractivity contribution < 1.29 is 17.1 Å². The Morgan fingerprint density at radius 1 is 0.783 bits per heavy atom. The molecular weight excluding hydrogens is 334 g/mol. The Bertz CT molecular complexity index is 732. The van der Waals surface area contributed by atoms with Gasteiger partial charge < -0.3 is 16.9 Å². The predicted molar refractivity (Wildman–Crippen MR) is 93.9 cm³/mol. The summed E-state index contributed by atoms with van der Waals surface area (Å²) in [5, 5.41) is 9.50. The van der Waals surface area contributed by atoms with Gasteiger partial charge in [0.15, 0.2) is 0 Å². The van der Waals surface area contributed by atoms with Crippen molar-refractivity contribution in [3.8, 4) is 0 Å². The molecule has 3 N–H and O–H groups in total. The minimum atomic E-state index is 0. The van der Waals surface area contributed by atoms with Gasteiger partial charge in [0, 0.05) is 5.69 Å². The third kappa shape index (κ3) is 3.81. The maximum absolute atomic E-state index is 9.50. The van der Waals surface area contributed by atoms with Crippen molar-refractivity contribution in [2.75, 3.05) is 5.73 Å². The molecule has 3 nitrogen and oxygen atoms in total. The van der Waals surface area contributed by atoms with Gasteiger partial charge in [0.2, 0.25) is 0 Å². The van der Waals surface area contributed by atoms with Crippen LogP contribution in [0, 0.1) is 0 Å². The van der Waals surface area contributed by atoms with Gasteiger partial charge >= 0.3 is 17.1 Å². The van der Waals surface area contributed by atoms with Crippen LogP contribution in [0.25, 0.3) is 16.7 Å². The molecule has 0 heterocycles. The van der Waals surface area contributed by atoms with E-state index in [0.717, 1.165) is 28.0 Å². The second-order valence-corrected chi connectivity index (χ2v) is 5.12. The maximum Gasteiger partial charge on any atom is 2.00 e. The van der Waals surface area contributed by atoms with E-state index in [2.05, 4.69) is 0 Å². The van der Waals surface area contributed by atoms with E-state index in [4.69, 9.17) is 11.5 Å². The van der Waals surface area contributed by atoms with E-state index in [1.54, 1.807) is 24.3 Å². The summed E-state index contributed by atoms with van der Waals surface area (Å²) in [5.41, 5.74) is 19.0. The molecule has 1 aliphatic carbocycles. The Kier molecular flexibility index (Phi) is 5.22. The Labute approximate surface area is 146 Å². The van der Waals surface area contributed by atoms with Gasteiger partial charge in [0.05, 0.1) is 0 Å². The first-order chi connectivity index (χ1) is 10.6. The molecule has 0 saturated heterocycles. The fraction of sp³-hybridized carbons (Fsp3) is 0. The monoisotopic (exact) mass is 348 g/mol. The molecule has 0 spiro atoms. The summed E-state index contributed by atoms with van der Waals surface area (Å²) in [7, 11) is 0. The normalized spacial score (nSPS) is 12.9. The standard InChI is InChI=1S/C19H15N3.Cu/c20-16-7-1-13(2-8-16)19(14-3-9-17(21)10-4-14)15-5-11-18(22)12-6-15;/h1-12,20H,21H2;/q-2;+2. The number of nitrogen functional groups attached to an aromatic ring is 1. The van der Waals surface area contributed by atoms with Gasteiger partial charge in [-0.2, -0.15) is 5.71 Å². The Morgan fingerprint density at radius 2 is 1.26 bits per heavy atom. The molecule has 4 heteroatoms. The van der Waals surface area contributed by atoms with Gasteiger partial charge in [-0.05, 0) is 34.4 Å². The van der Waals surface area contributed by atoms with E-state index < -0.39 is 0 Å². The fourth-order valence-corrected chi connectivity index (χ4v) is 2.41. The molecule has 0 aromatic heterocycles. The molecule has 0 atom stereocenters. The zero-order valence-corrected chi connectivity index (χ0v) is 13.2. The maximum atomic E-state index is 9.50. The summed E-state index contributed by atoms with van der Waals surface area (Å²) < 4.78 is 0. The zero-order valence-electron chi connectivity index (χ0n) is 12.3. The SMILES string of the molecule is [Cu+2].[N-]=C1C=CC(=C(c2ccc([NH-])cc2)c2ccc(N)cc2)C=C1. The van der Waals surface area contributed by atoms with Crippen LogP contribution in [0.5, 0.6) is 0 Å². The van der Waals surface area contributed by atoms with Crippen molar-refractivity contribution in [1.29, 1.82) is 0 Å². The van der Waals surface area contributed by atoms with Gasteiger partial charge in [-0.25, -0.2) is 0 Å². The minimum Gasteiger partial charge on any atom is -0.804 e. The quantitative estimate of drug-likeness (QED) is 0.609. The van der Waals surface area contributed by atoms with E-state index in [0.29, 0.717) is 5.69 Å². The van der Waals surface area contributed by atoms with Crippen LogP contribution in [-0.2, 0) is 17.1 Å². The number of hydrogen-bond acceptors (Lipinski definition) is 1. The van der Waals surface area contributed by atoms with Crippen molar-refractivity contribution in [2.45, 2.75) is 0 Å². The van der Waals surface area contributed by atoms with Gasteiger partial charge in [-0.15, -0.1) is 5.69 Å². The van der Waals surface area contributed by atoms with Gasteiger partial charge in [-0.3, -0.25) is 0 Å². The topological polar surface area (TPSA) is 72.1 Å². The summed E-state index contributed by atoms with van der Waals surface area (Å²) in [6, 6.07) is 15.1. The van der Waals surface area contributed by atoms with Crippen LogP contribution in [-0.4, -0.2) is 5.71 Å². The number of rotatable bonds is 2. The summed E-state index contributed by atoms with van der Waals surface area (Å²) in [5.74, 6) is 0. The van der Waals surface area contributed by atoms with E-state index in [1.807, 2.05) is 48.6 Å². The third-order valence-electron chi connectivity index (χ3n) is 3.53. The van der Waals surface area contributed by atoms with E-state index >= 15 is 0 Å². The number of nitrogens with zero attached hydrogens (tertiary/aromatic N) is 1. The van der Waals surface area contributed by atoms with E-state index in [9.17, 15) is 5.41 Å². The molecule has 3 rings (SSSR count). The van der Waals surface area contributed by atoms with E-state index in [1.165, 1.54) is 0 Å². The van der Waals surface area contributed by atoms with Crippen molar-refractivity contribution in [1.82, 2.24) is 0 Å². The third-order valence-corrected chi connectivity index (χ3v) is 3.53. The summed E-state index contributed by atoms with van der Waals surface area (Å²) in [4.78, 5) is 0. The van der Waals surface area contributed by atoms with Gasteiger partial charge in [-0.1, -0.05) is 60.7 Å². The molecule has 0 bridgehead atoms. The molecule has 117 valence electrons. The van der Waals surface area contributed by atoms with Crippen LogP contribution >= 0.6 is 0 Å². The largest absolute Gasteiger partial charge is 2.00 e. The zero-order chi connectivity index (χ0) is 15.5. The molecule has 0 saturated carbocycles. The fourth-order valence-electron chi connectivity index (χ4n) is 2.41. The molecule has 0 aliphatic heterocycles. The van der Waals surface area contributed by atoms with Crippen LogP contribution in [0.4, 0.5) is 11.4 Å². The summed E-state index contributed by atoms with van der Waals surface area (Å²) in [6.07, 6.45) is 7.11. The number of benzene rings is 2. The average Bonchev–Trinajstić information content (AvgIpc) is 2.53. The first-order valence-electron chi connectivity index (χ1n) is 6.98. The predicted octanol–water partition coefficient (Wildman–Crippen LogP) is 4.89. The number of allylic oxidation sites excluding steroid dienone is 5. The summed E-state index contributed by atoms with van der Waals surface area (Å²) in [6.45, 7) is 0. The number of nitrogens with two attached hydrogens (primary N) is 1. The second-order valence-electron chi connectivity index (χ2n) is 5.12. The molecule has 0 amide bonds. The molecule has 1 aliphatic rings. The van der Waals surface area contributed by atoms with Crippen molar-refractivity contribution in [2.24, 2.45) is 0 Å². The smallest absolute Gasteiger partial charge is 0.804 e. The van der Waals surface area contributed by atoms with E-state index in [-0.39, 0.29) is 22.8 Å². The second kappa shape index (κ2) is 7.14. The van der Waals surface area contributed by atoms with Crippen LogP contribution in [0.3, 0.4) is 0 Å². The molecule has 1 radical (unpaired) electrons. The summed E-state index contributed by atoms with van der Waals surface area (Å²) >= 11 is 0. The molecule has 23 heavy (non-hydrogen) atoms. The van der Waals surface area contributed by atoms with Gasteiger partial charge in [0.1, 0.15) is 0 Å². The molecule has 0 unspecified atom stereocenters. The van der Waals surface area contributed by atoms with Gasteiger partial charge in [0.25, 0.3) is 0 Å². The van der Waals surface area contributed by atoms with Crippen LogP contribution < -0.4 is 5.73 Å². The molecule has 2 aromatic rings. The van der Waals surface area contributed by atoms with Crippen molar-refractivity contribution in [3.63, 3.8) is 0 Å². The average molecular weight is 349 g/mol. The van der Waals surface area contributed by atoms with Crippen molar-refractivity contribution >= 4 is 22.7 Å². The van der Waals surface area contributed by atoms with Crippen LogP contribution in [0.15, 0.2) is 78.4 Å². The first kappa shape index (κ1) is 16.8. The Hall–Kier alpha value is -2.55. The Balaban J connectivity index is 0.00000192. The molecular formula is C19H15CuN3. The Morgan fingerprint density at radius 3 is 1.78 bits per heavy atom. The van der Waals surface area contributed by atoms with Crippen molar-refractivity contribution in [3.05, 3.63) is 101 Å². The van der Waals surface area contributed by atoms with Crippen LogP contribution in [0.2, 0.25) is 0 Å². The molecule has 0 fully saturated rings. The minimum absolute atomic E-state index is 0. The molecule has 2 aromatic carbocycles. The first-order valence-corrected chi connectivity index (χ1v) is 6.98. The number of anilines is 1.